The van der Waals surface area contributed by atoms with Gasteiger partial charge in [0, 0.05) is 11.6 Å². The van der Waals surface area contributed by atoms with Crippen molar-refractivity contribution in [2.45, 2.75) is 90.1 Å². The van der Waals surface area contributed by atoms with E-state index in [9.17, 15) is 9.90 Å². The molecule has 0 spiro atoms. The molecule has 154 valence electrons. The zero-order chi connectivity index (χ0) is 20.7. The summed E-state index contributed by atoms with van der Waals surface area (Å²) < 4.78 is 12.1. The van der Waals surface area contributed by atoms with Crippen LogP contribution >= 0.6 is 0 Å². The summed E-state index contributed by atoms with van der Waals surface area (Å²) in [5.41, 5.74) is 0.162. The van der Waals surface area contributed by atoms with Gasteiger partial charge in [0.2, 0.25) is 0 Å². The molecule has 1 aromatic carbocycles. The van der Waals surface area contributed by atoms with E-state index in [4.69, 9.17) is 9.31 Å². The monoisotopic (exact) mass is 387 g/mol. The first-order valence-corrected chi connectivity index (χ1v) is 10.4. The summed E-state index contributed by atoms with van der Waals surface area (Å²) in [7, 11) is -0.417. The second-order valence-electron chi connectivity index (χ2n) is 9.89. The van der Waals surface area contributed by atoms with Crippen molar-refractivity contribution in [3.05, 3.63) is 29.8 Å². The SMILES string of the molecule is CC(C)(O)C1CCC(NC(=O)c2ccc(B3OC(C)(C)C(C)(C)O3)cc2)CC1. The molecule has 0 radical (unpaired) electrons. The van der Waals surface area contributed by atoms with Crippen LogP contribution in [0.25, 0.3) is 0 Å². The third-order valence-corrected chi connectivity index (χ3v) is 6.76. The molecule has 2 fully saturated rings. The first kappa shape index (κ1) is 21.3. The van der Waals surface area contributed by atoms with Crippen LogP contribution in [0.2, 0.25) is 0 Å². The summed E-state index contributed by atoms with van der Waals surface area (Å²) in [5, 5.41) is 13.3. The van der Waals surface area contributed by atoms with Crippen molar-refractivity contribution in [2.75, 3.05) is 0 Å². The van der Waals surface area contributed by atoms with Gasteiger partial charge in [-0.3, -0.25) is 4.79 Å². The van der Waals surface area contributed by atoms with Gasteiger partial charge in [0.1, 0.15) is 0 Å². The Bertz CT molecular complexity index is 684. The predicted molar refractivity (Wildman–Crippen MR) is 112 cm³/mol. The summed E-state index contributed by atoms with van der Waals surface area (Å²) in [4.78, 5) is 12.6. The van der Waals surface area contributed by atoms with Crippen LogP contribution in [-0.2, 0) is 9.31 Å². The first-order valence-electron chi connectivity index (χ1n) is 10.4. The molecule has 1 amide bonds. The van der Waals surface area contributed by atoms with Gasteiger partial charge in [-0.1, -0.05) is 12.1 Å². The van der Waals surface area contributed by atoms with Crippen molar-refractivity contribution in [3.8, 4) is 0 Å². The molecular formula is C22H34BNO4. The molecule has 1 saturated carbocycles. The highest BCUT2D eigenvalue weighted by Gasteiger charge is 2.51. The molecule has 1 heterocycles. The van der Waals surface area contributed by atoms with Crippen molar-refractivity contribution in [1.29, 1.82) is 0 Å². The van der Waals surface area contributed by atoms with Gasteiger partial charge in [0.15, 0.2) is 0 Å². The molecule has 0 atom stereocenters. The van der Waals surface area contributed by atoms with Crippen LogP contribution in [0.1, 0.15) is 77.6 Å². The molecule has 1 saturated heterocycles. The highest BCUT2D eigenvalue weighted by atomic mass is 16.7. The normalized spacial score (nSPS) is 26.9. The van der Waals surface area contributed by atoms with Gasteiger partial charge >= 0.3 is 7.12 Å². The minimum atomic E-state index is -0.641. The van der Waals surface area contributed by atoms with Crippen molar-refractivity contribution >= 4 is 18.5 Å². The molecule has 1 aliphatic heterocycles. The van der Waals surface area contributed by atoms with E-state index in [0.29, 0.717) is 11.5 Å². The molecule has 1 aliphatic carbocycles. The van der Waals surface area contributed by atoms with Gasteiger partial charge in [-0.15, -0.1) is 0 Å². The lowest BCUT2D eigenvalue weighted by atomic mass is 9.77. The Morgan fingerprint density at radius 3 is 2.00 bits per heavy atom. The highest BCUT2D eigenvalue weighted by Crippen LogP contribution is 2.36. The zero-order valence-corrected chi connectivity index (χ0v) is 18.0. The number of carbonyl (C=O) groups excluding carboxylic acids is 1. The van der Waals surface area contributed by atoms with Crippen LogP contribution in [0.4, 0.5) is 0 Å². The number of carbonyl (C=O) groups is 1. The van der Waals surface area contributed by atoms with E-state index in [-0.39, 0.29) is 23.2 Å². The van der Waals surface area contributed by atoms with E-state index >= 15 is 0 Å². The number of benzene rings is 1. The summed E-state index contributed by atoms with van der Waals surface area (Å²) in [5.74, 6) is 0.257. The van der Waals surface area contributed by atoms with Crippen LogP contribution in [0.3, 0.4) is 0 Å². The summed E-state index contributed by atoms with van der Waals surface area (Å²) in [6.45, 7) is 11.9. The third kappa shape index (κ3) is 4.45. The van der Waals surface area contributed by atoms with Crippen molar-refractivity contribution in [1.82, 2.24) is 5.32 Å². The topological polar surface area (TPSA) is 67.8 Å². The lowest BCUT2D eigenvalue weighted by molar-refractivity contribution is -0.00257. The van der Waals surface area contributed by atoms with E-state index in [0.717, 1.165) is 31.1 Å². The highest BCUT2D eigenvalue weighted by molar-refractivity contribution is 6.62. The maximum Gasteiger partial charge on any atom is 0.494 e. The Kier molecular flexibility index (Phi) is 5.70. The Balaban J connectivity index is 1.57. The van der Waals surface area contributed by atoms with Crippen LogP contribution in [-0.4, -0.2) is 41.0 Å². The average molecular weight is 387 g/mol. The van der Waals surface area contributed by atoms with Crippen LogP contribution in [0.5, 0.6) is 0 Å². The molecule has 3 rings (SSSR count). The van der Waals surface area contributed by atoms with Crippen molar-refractivity contribution in [2.24, 2.45) is 5.92 Å². The smallest absolute Gasteiger partial charge is 0.399 e. The standard InChI is InChI=1S/C22H34BNO4/c1-20(2,26)16-9-13-18(14-10-16)24-19(25)15-7-11-17(12-8-15)23-27-21(3,4)22(5,6)28-23/h7-8,11-12,16,18,26H,9-10,13-14H2,1-6H3,(H,24,25). The number of nitrogens with one attached hydrogen (secondary N) is 1. The molecular weight excluding hydrogens is 353 g/mol. The van der Waals surface area contributed by atoms with Gasteiger partial charge in [0.25, 0.3) is 5.91 Å². The lowest BCUT2D eigenvalue weighted by Crippen LogP contribution is -2.42. The largest absolute Gasteiger partial charge is 0.494 e. The zero-order valence-electron chi connectivity index (χ0n) is 18.0. The number of hydrogen-bond donors (Lipinski definition) is 2. The fraction of sp³-hybridized carbons (Fsp3) is 0.682. The Morgan fingerprint density at radius 1 is 1.04 bits per heavy atom. The van der Waals surface area contributed by atoms with Gasteiger partial charge in [-0.2, -0.15) is 0 Å². The predicted octanol–water partition coefficient (Wildman–Crippen LogP) is 3.05. The third-order valence-electron chi connectivity index (χ3n) is 6.76. The summed E-state index contributed by atoms with van der Waals surface area (Å²) in [6.07, 6.45) is 3.70. The van der Waals surface area contributed by atoms with Crippen molar-refractivity contribution in [3.63, 3.8) is 0 Å². The van der Waals surface area contributed by atoms with Gasteiger partial charge in [0.05, 0.1) is 16.8 Å². The van der Waals surface area contributed by atoms with E-state index in [1.165, 1.54) is 0 Å². The van der Waals surface area contributed by atoms with Crippen LogP contribution in [0, 0.1) is 5.92 Å². The Hall–Kier alpha value is -1.37. The molecule has 1 aromatic rings. The lowest BCUT2D eigenvalue weighted by Gasteiger charge is -2.36. The summed E-state index contributed by atoms with van der Waals surface area (Å²) in [6, 6.07) is 7.65. The molecule has 2 aliphatic rings. The Morgan fingerprint density at radius 2 is 1.54 bits per heavy atom. The molecule has 0 aromatic heterocycles. The van der Waals surface area contributed by atoms with Crippen LogP contribution in [0.15, 0.2) is 24.3 Å². The first-order chi connectivity index (χ1) is 12.9. The molecule has 5 nitrogen and oxygen atoms in total. The van der Waals surface area contributed by atoms with Gasteiger partial charge in [-0.05, 0) is 90.7 Å². The average Bonchev–Trinajstić information content (AvgIpc) is 2.82. The van der Waals surface area contributed by atoms with Crippen molar-refractivity contribution < 1.29 is 19.2 Å². The maximum absolute atomic E-state index is 12.6. The maximum atomic E-state index is 12.6. The fourth-order valence-electron chi connectivity index (χ4n) is 3.98. The molecule has 2 N–H and O–H groups in total. The molecule has 0 unspecified atom stereocenters. The molecule has 0 bridgehead atoms. The van der Waals surface area contributed by atoms with Gasteiger partial charge in [-0.25, -0.2) is 0 Å². The van der Waals surface area contributed by atoms with E-state index in [1.54, 1.807) is 0 Å². The van der Waals surface area contributed by atoms with E-state index in [1.807, 2.05) is 65.8 Å². The Labute approximate surface area is 169 Å². The minimum absolute atomic E-state index is 0.0489. The number of amides is 1. The second-order valence-corrected chi connectivity index (χ2v) is 9.89. The second kappa shape index (κ2) is 7.47. The molecule has 6 heteroatoms. The number of aliphatic hydroxyl groups is 1. The minimum Gasteiger partial charge on any atom is -0.399 e. The fourth-order valence-corrected chi connectivity index (χ4v) is 3.98. The summed E-state index contributed by atoms with van der Waals surface area (Å²) >= 11 is 0. The number of rotatable bonds is 4. The van der Waals surface area contributed by atoms with E-state index < -0.39 is 12.7 Å². The van der Waals surface area contributed by atoms with Gasteiger partial charge < -0.3 is 19.7 Å². The quantitative estimate of drug-likeness (QED) is 0.780. The van der Waals surface area contributed by atoms with E-state index in [2.05, 4.69) is 5.32 Å². The number of hydrogen-bond acceptors (Lipinski definition) is 4. The molecule has 28 heavy (non-hydrogen) atoms. The van der Waals surface area contributed by atoms with Crippen LogP contribution < -0.4 is 10.8 Å².